The van der Waals surface area contributed by atoms with Crippen LogP contribution < -0.4 is 0 Å². The van der Waals surface area contributed by atoms with Crippen molar-refractivity contribution in [2.24, 2.45) is 5.41 Å². The Hall–Kier alpha value is 0.240. The molecule has 0 saturated carbocycles. The van der Waals surface area contributed by atoms with E-state index in [-0.39, 0.29) is 12.0 Å². The van der Waals surface area contributed by atoms with Crippen molar-refractivity contribution in [3.8, 4) is 0 Å². The highest BCUT2D eigenvalue weighted by atomic mass is 35.7. The van der Waals surface area contributed by atoms with Crippen molar-refractivity contribution in [2.45, 2.75) is 20.0 Å². The van der Waals surface area contributed by atoms with Gasteiger partial charge < -0.3 is 0 Å². The Balaban J connectivity index is 2.43. The highest BCUT2D eigenvalue weighted by molar-refractivity contribution is 7.81. The number of rotatable bonds is 1. The normalized spacial score (nSPS) is 31.3. The van der Waals surface area contributed by atoms with E-state index in [0.717, 1.165) is 0 Å². The summed E-state index contributed by atoms with van der Waals surface area (Å²) < 4.78 is 22.1. The molecule has 0 aliphatic carbocycles. The summed E-state index contributed by atoms with van der Waals surface area (Å²) in [5.41, 5.74) is 0.315. The smallest absolute Gasteiger partial charge is 0.296 e. The minimum Gasteiger partial charge on any atom is -0.296 e. The first-order valence-electron chi connectivity index (χ1n) is 5.29. The Kier molecular flexibility index (Phi) is 4.05. The van der Waals surface area contributed by atoms with E-state index in [9.17, 15) is 4.57 Å². The topological polar surface area (TPSA) is 35.5 Å². The lowest BCUT2D eigenvalue weighted by molar-refractivity contribution is -0.0202. The molecule has 2 rings (SSSR count). The Labute approximate surface area is 121 Å². The molecule has 1 aromatic carbocycles. The molecule has 1 aliphatic heterocycles. The maximum atomic E-state index is 11.7. The second kappa shape index (κ2) is 4.97. The fourth-order valence-corrected chi connectivity index (χ4v) is 3.90. The molecule has 0 radical (unpaired) electrons. The van der Waals surface area contributed by atoms with Gasteiger partial charge in [-0.05, 0) is 12.1 Å². The molecular formula is C11H12Cl3O3P. The SMILES string of the molecule is CC1(C)COP(=O)(Cl)OC1c1ccc(Cl)cc1Cl. The second-order valence-electron chi connectivity index (χ2n) is 4.84. The minimum atomic E-state index is -3.54. The molecule has 1 aliphatic rings. The van der Waals surface area contributed by atoms with Crippen molar-refractivity contribution in [3.63, 3.8) is 0 Å². The van der Waals surface area contributed by atoms with Gasteiger partial charge in [0.15, 0.2) is 0 Å². The van der Waals surface area contributed by atoms with Gasteiger partial charge in [0, 0.05) is 32.3 Å². The first-order valence-corrected chi connectivity index (χ1v) is 8.49. The van der Waals surface area contributed by atoms with Crippen LogP contribution in [0.25, 0.3) is 0 Å². The van der Waals surface area contributed by atoms with Crippen LogP contribution in [0.5, 0.6) is 0 Å². The zero-order chi connectivity index (χ0) is 13.6. The Morgan fingerprint density at radius 1 is 1.39 bits per heavy atom. The molecule has 1 saturated heterocycles. The van der Waals surface area contributed by atoms with Gasteiger partial charge in [0.1, 0.15) is 6.10 Å². The fraction of sp³-hybridized carbons (Fsp3) is 0.455. The van der Waals surface area contributed by atoms with Crippen LogP contribution in [0.1, 0.15) is 25.5 Å². The van der Waals surface area contributed by atoms with Gasteiger partial charge in [0.25, 0.3) is 0 Å². The van der Waals surface area contributed by atoms with Gasteiger partial charge in [0.05, 0.1) is 6.61 Å². The van der Waals surface area contributed by atoms with Crippen molar-refractivity contribution in [3.05, 3.63) is 33.8 Å². The van der Waals surface area contributed by atoms with Crippen LogP contribution in [0.2, 0.25) is 10.0 Å². The molecule has 7 heteroatoms. The lowest BCUT2D eigenvalue weighted by Gasteiger charge is -2.39. The molecule has 3 nitrogen and oxygen atoms in total. The van der Waals surface area contributed by atoms with E-state index in [1.165, 1.54) is 0 Å². The summed E-state index contributed by atoms with van der Waals surface area (Å²) in [6, 6.07) is 5.07. The molecule has 1 aromatic rings. The lowest BCUT2D eigenvalue weighted by Crippen LogP contribution is -2.32. The van der Waals surface area contributed by atoms with Crippen molar-refractivity contribution < 1.29 is 13.6 Å². The molecule has 0 aromatic heterocycles. The first kappa shape index (κ1) is 14.6. The summed E-state index contributed by atoms with van der Waals surface area (Å²) in [5.74, 6) is 0. The summed E-state index contributed by atoms with van der Waals surface area (Å²) in [4.78, 5) is 0. The van der Waals surface area contributed by atoms with E-state index in [0.29, 0.717) is 15.6 Å². The predicted molar refractivity (Wildman–Crippen MR) is 73.5 cm³/mol. The van der Waals surface area contributed by atoms with Crippen LogP contribution >= 0.6 is 41.4 Å². The standard InChI is InChI=1S/C11H12Cl3O3P/c1-11(2)6-16-18(14,15)17-10(11)8-4-3-7(12)5-9(8)13/h3-5,10H,6H2,1-2H3. The molecule has 1 heterocycles. The molecule has 100 valence electrons. The Bertz CT molecular complexity index is 518. The van der Waals surface area contributed by atoms with Crippen LogP contribution in [-0.2, 0) is 13.6 Å². The van der Waals surface area contributed by atoms with Gasteiger partial charge in [-0.1, -0.05) is 43.1 Å². The average molecular weight is 330 g/mol. The fourth-order valence-electron chi connectivity index (χ4n) is 1.81. The number of hydrogen-bond donors (Lipinski definition) is 0. The van der Waals surface area contributed by atoms with Crippen LogP contribution in [0.4, 0.5) is 0 Å². The van der Waals surface area contributed by atoms with E-state index >= 15 is 0 Å². The van der Waals surface area contributed by atoms with Gasteiger partial charge >= 0.3 is 6.95 Å². The van der Waals surface area contributed by atoms with E-state index in [4.69, 9.17) is 43.5 Å². The summed E-state index contributed by atoms with van der Waals surface area (Å²) in [7, 11) is 0. The van der Waals surface area contributed by atoms with Gasteiger partial charge in [-0.15, -0.1) is 0 Å². The monoisotopic (exact) mass is 328 g/mol. The Morgan fingerprint density at radius 2 is 2.06 bits per heavy atom. The number of hydrogen-bond acceptors (Lipinski definition) is 3. The highest BCUT2D eigenvalue weighted by Gasteiger charge is 2.44. The van der Waals surface area contributed by atoms with Gasteiger partial charge in [-0.2, -0.15) is 0 Å². The van der Waals surface area contributed by atoms with Crippen LogP contribution in [-0.4, -0.2) is 6.61 Å². The van der Waals surface area contributed by atoms with Gasteiger partial charge in [-0.25, -0.2) is 4.57 Å². The zero-order valence-electron chi connectivity index (χ0n) is 9.82. The molecule has 0 amide bonds. The van der Waals surface area contributed by atoms with Gasteiger partial charge in [0.2, 0.25) is 0 Å². The predicted octanol–water partition coefficient (Wildman–Crippen LogP) is 5.45. The third-order valence-electron chi connectivity index (χ3n) is 2.78. The quantitative estimate of drug-likeness (QED) is 0.642. The number of halogens is 3. The maximum absolute atomic E-state index is 11.7. The summed E-state index contributed by atoms with van der Waals surface area (Å²) in [6.07, 6.45) is -0.501. The molecular weight excluding hydrogens is 317 g/mol. The van der Waals surface area contributed by atoms with E-state index < -0.39 is 13.1 Å². The van der Waals surface area contributed by atoms with Crippen LogP contribution in [0, 0.1) is 5.41 Å². The molecule has 0 bridgehead atoms. The van der Waals surface area contributed by atoms with Crippen molar-refractivity contribution in [1.29, 1.82) is 0 Å². The Morgan fingerprint density at radius 3 is 2.67 bits per heavy atom. The van der Waals surface area contributed by atoms with E-state index in [1.54, 1.807) is 18.2 Å². The first-order chi connectivity index (χ1) is 8.21. The second-order valence-corrected chi connectivity index (χ2v) is 8.26. The van der Waals surface area contributed by atoms with Gasteiger partial charge in [-0.3, -0.25) is 9.05 Å². The summed E-state index contributed by atoms with van der Waals surface area (Å²) in [5, 5.41) is 0.988. The minimum absolute atomic E-state index is 0.234. The molecule has 2 unspecified atom stereocenters. The third kappa shape index (κ3) is 3.04. The molecule has 0 N–H and O–H groups in total. The van der Waals surface area contributed by atoms with E-state index in [2.05, 4.69) is 0 Å². The largest absolute Gasteiger partial charge is 0.424 e. The molecule has 1 fully saturated rings. The summed E-state index contributed by atoms with van der Waals surface area (Å²) in [6.45, 7) is 0.553. The molecule has 18 heavy (non-hydrogen) atoms. The highest BCUT2D eigenvalue weighted by Crippen LogP contribution is 2.64. The lowest BCUT2D eigenvalue weighted by atomic mass is 9.83. The van der Waals surface area contributed by atoms with Crippen molar-refractivity contribution in [1.82, 2.24) is 0 Å². The number of benzene rings is 1. The van der Waals surface area contributed by atoms with Crippen LogP contribution in [0.3, 0.4) is 0 Å². The summed E-state index contributed by atoms with van der Waals surface area (Å²) >= 11 is 17.7. The average Bonchev–Trinajstić information content (AvgIpc) is 2.23. The molecule has 2 atom stereocenters. The molecule has 0 spiro atoms. The maximum Gasteiger partial charge on any atom is 0.424 e. The zero-order valence-corrected chi connectivity index (χ0v) is 13.0. The van der Waals surface area contributed by atoms with Crippen molar-refractivity contribution >= 4 is 41.4 Å². The van der Waals surface area contributed by atoms with Crippen molar-refractivity contribution in [2.75, 3.05) is 6.61 Å². The third-order valence-corrected chi connectivity index (χ3v) is 4.77. The van der Waals surface area contributed by atoms with E-state index in [1.807, 2.05) is 13.8 Å². The van der Waals surface area contributed by atoms with Crippen LogP contribution in [0.15, 0.2) is 18.2 Å².